The van der Waals surface area contributed by atoms with Gasteiger partial charge in [0, 0.05) is 38.1 Å². The summed E-state index contributed by atoms with van der Waals surface area (Å²) in [7, 11) is 0. The van der Waals surface area contributed by atoms with Gasteiger partial charge in [-0.05, 0) is 49.9 Å². The lowest BCUT2D eigenvalue weighted by atomic mass is 9.82. The molecular weight excluding hydrogens is 354 g/mol. The highest BCUT2D eigenvalue weighted by Gasteiger charge is 2.39. The molecule has 1 aromatic heterocycles. The predicted octanol–water partition coefficient (Wildman–Crippen LogP) is 3.61. The first-order valence-corrected chi connectivity index (χ1v) is 10.1. The third-order valence-corrected chi connectivity index (χ3v) is 6.03. The molecular formula is C22H27N3O3. The SMILES string of the molecule is O=COC1(c2cccn2C(=O)N2CCN(c3ccccc3)CC2)CCCCC1. The number of anilines is 1. The van der Waals surface area contributed by atoms with Crippen LogP contribution in [0.4, 0.5) is 10.5 Å². The molecule has 2 fully saturated rings. The molecule has 0 atom stereocenters. The Hall–Kier alpha value is -2.76. The average molecular weight is 381 g/mol. The fraction of sp³-hybridized carbons (Fsp3) is 0.455. The van der Waals surface area contributed by atoms with E-state index in [-0.39, 0.29) is 6.03 Å². The van der Waals surface area contributed by atoms with Gasteiger partial charge in [0.1, 0.15) is 0 Å². The molecule has 2 aromatic rings. The summed E-state index contributed by atoms with van der Waals surface area (Å²) >= 11 is 0. The summed E-state index contributed by atoms with van der Waals surface area (Å²) in [6.07, 6.45) is 6.48. The van der Waals surface area contributed by atoms with E-state index in [4.69, 9.17) is 4.74 Å². The molecule has 2 aliphatic rings. The molecule has 6 heteroatoms. The summed E-state index contributed by atoms with van der Waals surface area (Å²) < 4.78 is 7.28. The van der Waals surface area contributed by atoms with Crippen LogP contribution in [0.15, 0.2) is 48.7 Å². The van der Waals surface area contributed by atoms with Gasteiger partial charge in [-0.15, -0.1) is 0 Å². The highest BCUT2D eigenvalue weighted by Crippen LogP contribution is 2.40. The van der Waals surface area contributed by atoms with Crippen molar-refractivity contribution in [1.82, 2.24) is 9.47 Å². The Balaban J connectivity index is 1.49. The van der Waals surface area contributed by atoms with Crippen molar-refractivity contribution in [2.24, 2.45) is 0 Å². The second-order valence-electron chi connectivity index (χ2n) is 7.62. The van der Waals surface area contributed by atoms with Gasteiger partial charge >= 0.3 is 6.03 Å². The number of ether oxygens (including phenoxy) is 1. The van der Waals surface area contributed by atoms with E-state index in [9.17, 15) is 9.59 Å². The number of carbonyl (C=O) groups excluding carboxylic acids is 2. The second kappa shape index (κ2) is 8.09. The Bertz CT molecular complexity index is 803. The first-order chi connectivity index (χ1) is 13.7. The van der Waals surface area contributed by atoms with Crippen LogP contribution in [-0.2, 0) is 15.1 Å². The Morgan fingerprint density at radius 1 is 0.929 bits per heavy atom. The molecule has 1 aliphatic carbocycles. The molecule has 0 spiro atoms. The fourth-order valence-electron chi connectivity index (χ4n) is 4.52. The third-order valence-electron chi connectivity index (χ3n) is 6.03. The molecule has 1 amide bonds. The standard InChI is InChI=1S/C22H27N3O3/c26-18-28-22(11-5-2-6-12-22)20-10-7-13-25(20)21(27)24-16-14-23(15-17-24)19-8-3-1-4-9-19/h1,3-4,7-10,13,18H,2,5-6,11-12,14-17H2. The van der Waals surface area contributed by atoms with E-state index in [1.165, 1.54) is 5.69 Å². The van der Waals surface area contributed by atoms with E-state index < -0.39 is 5.60 Å². The van der Waals surface area contributed by atoms with Crippen LogP contribution < -0.4 is 4.90 Å². The molecule has 0 unspecified atom stereocenters. The van der Waals surface area contributed by atoms with Gasteiger partial charge < -0.3 is 14.5 Å². The molecule has 1 aliphatic heterocycles. The normalized spacial score (nSPS) is 19.3. The number of hydrogen-bond acceptors (Lipinski definition) is 4. The third kappa shape index (κ3) is 3.51. The quantitative estimate of drug-likeness (QED) is 0.759. The lowest BCUT2D eigenvalue weighted by Crippen LogP contribution is -2.50. The van der Waals surface area contributed by atoms with E-state index in [1.807, 2.05) is 35.2 Å². The maximum absolute atomic E-state index is 13.2. The summed E-state index contributed by atoms with van der Waals surface area (Å²) in [5.74, 6) is 0. The highest BCUT2D eigenvalue weighted by molar-refractivity contribution is 5.78. The lowest BCUT2D eigenvalue weighted by molar-refractivity contribution is -0.149. The van der Waals surface area contributed by atoms with Crippen molar-refractivity contribution in [3.63, 3.8) is 0 Å². The van der Waals surface area contributed by atoms with Gasteiger partial charge in [0.2, 0.25) is 0 Å². The van der Waals surface area contributed by atoms with Crippen molar-refractivity contribution >= 4 is 18.2 Å². The topological polar surface area (TPSA) is 54.8 Å². The van der Waals surface area contributed by atoms with Crippen molar-refractivity contribution in [3.05, 3.63) is 54.4 Å². The molecule has 28 heavy (non-hydrogen) atoms. The molecule has 1 aromatic carbocycles. The molecule has 0 N–H and O–H groups in total. The Kier molecular flexibility index (Phi) is 5.37. The van der Waals surface area contributed by atoms with Crippen LogP contribution in [0, 0.1) is 0 Å². The number of hydrogen-bond donors (Lipinski definition) is 0. The number of para-hydroxylation sites is 1. The summed E-state index contributed by atoms with van der Waals surface area (Å²) in [5.41, 5.74) is 1.32. The van der Waals surface area contributed by atoms with Crippen molar-refractivity contribution in [1.29, 1.82) is 0 Å². The van der Waals surface area contributed by atoms with Gasteiger partial charge in [-0.2, -0.15) is 0 Å². The second-order valence-corrected chi connectivity index (χ2v) is 7.62. The number of piperazine rings is 1. The smallest absolute Gasteiger partial charge is 0.328 e. The van der Waals surface area contributed by atoms with Gasteiger partial charge in [0.25, 0.3) is 6.47 Å². The Morgan fingerprint density at radius 3 is 2.32 bits per heavy atom. The maximum Gasteiger partial charge on any atom is 0.328 e. The van der Waals surface area contributed by atoms with Crippen LogP contribution in [0.25, 0.3) is 0 Å². The summed E-state index contributed by atoms with van der Waals surface area (Å²) in [6.45, 7) is 3.50. The van der Waals surface area contributed by atoms with E-state index in [2.05, 4.69) is 17.0 Å². The van der Waals surface area contributed by atoms with Crippen LogP contribution in [0.5, 0.6) is 0 Å². The number of rotatable bonds is 4. The zero-order valence-electron chi connectivity index (χ0n) is 16.1. The van der Waals surface area contributed by atoms with E-state index in [0.29, 0.717) is 19.6 Å². The van der Waals surface area contributed by atoms with Crippen LogP contribution in [0.2, 0.25) is 0 Å². The molecule has 1 saturated carbocycles. The zero-order chi connectivity index (χ0) is 19.4. The number of carbonyl (C=O) groups is 2. The van der Waals surface area contributed by atoms with E-state index in [0.717, 1.165) is 50.9 Å². The lowest BCUT2D eigenvalue weighted by Gasteiger charge is -2.38. The summed E-state index contributed by atoms with van der Waals surface area (Å²) in [6, 6.07) is 14.1. The number of amides is 1. The average Bonchev–Trinajstić information content (AvgIpc) is 3.26. The molecule has 148 valence electrons. The minimum Gasteiger partial charge on any atom is -0.455 e. The summed E-state index contributed by atoms with van der Waals surface area (Å²) in [4.78, 5) is 28.6. The number of benzene rings is 1. The van der Waals surface area contributed by atoms with Gasteiger partial charge in [0.15, 0.2) is 5.60 Å². The van der Waals surface area contributed by atoms with Crippen molar-refractivity contribution in [2.75, 3.05) is 31.1 Å². The van der Waals surface area contributed by atoms with Crippen molar-refractivity contribution in [2.45, 2.75) is 37.7 Å². The minimum atomic E-state index is -0.676. The molecule has 2 heterocycles. The van der Waals surface area contributed by atoms with Crippen molar-refractivity contribution in [3.8, 4) is 0 Å². The van der Waals surface area contributed by atoms with E-state index in [1.54, 1.807) is 10.8 Å². The van der Waals surface area contributed by atoms with Gasteiger partial charge in [-0.3, -0.25) is 9.36 Å². The Labute approximate surface area is 165 Å². The molecule has 0 radical (unpaired) electrons. The van der Waals surface area contributed by atoms with Crippen LogP contribution >= 0.6 is 0 Å². The van der Waals surface area contributed by atoms with Crippen LogP contribution in [-0.4, -0.2) is 48.1 Å². The highest BCUT2D eigenvalue weighted by atomic mass is 16.5. The largest absolute Gasteiger partial charge is 0.455 e. The molecule has 6 nitrogen and oxygen atoms in total. The predicted molar refractivity (Wildman–Crippen MR) is 107 cm³/mol. The molecule has 1 saturated heterocycles. The maximum atomic E-state index is 13.2. The minimum absolute atomic E-state index is 0.0350. The number of aromatic nitrogens is 1. The molecule has 0 bridgehead atoms. The zero-order valence-corrected chi connectivity index (χ0v) is 16.1. The van der Waals surface area contributed by atoms with Crippen LogP contribution in [0.3, 0.4) is 0 Å². The number of nitrogens with zero attached hydrogens (tertiary/aromatic N) is 3. The van der Waals surface area contributed by atoms with Gasteiger partial charge in [0.05, 0.1) is 5.69 Å². The fourth-order valence-corrected chi connectivity index (χ4v) is 4.52. The van der Waals surface area contributed by atoms with Crippen LogP contribution in [0.1, 0.15) is 37.8 Å². The first-order valence-electron chi connectivity index (χ1n) is 10.1. The van der Waals surface area contributed by atoms with Crippen molar-refractivity contribution < 1.29 is 14.3 Å². The van der Waals surface area contributed by atoms with Gasteiger partial charge in [-0.1, -0.05) is 24.6 Å². The first kappa shape index (κ1) is 18.6. The van der Waals surface area contributed by atoms with Gasteiger partial charge in [-0.25, -0.2) is 4.79 Å². The monoisotopic (exact) mass is 381 g/mol. The summed E-state index contributed by atoms with van der Waals surface area (Å²) in [5, 5.41) is 0. The molecule has 4 rings (SSSR count). The Morgan fingerprint density at radius 2 is 1.64 bits per heavy atom. The van der Waals surface area contributed by atoms with E-state index >= 15 is 0 Å².